The lowest BCUT2D eigenvalue weighted by molar-refractivity contribution is -0.136. The number of aliphatic carboxylic acids is 1. The van der Waals surface area contributed by atoms with E-state index >= 15 is 0 Å². The van der Waals surface area contributed by atoms with E-state index in [-0.39, 0.29) is 17.7 Å². The standard InChI is InChI=1S/C17H17NO6S/c1-9-8-24-13(7-15(19)20)16(9)17(21)18-10-5-11-12(6-14(10)25-2)23-4-3-22-11/h5-6,8H,3-4,7H2,1-2H3,(H,18,21)(H,19,20). The van der Waals surface area contributed by atoms with E-state index in [1.807, 2.05) is 12.3 Å². The number of aryl methyl sites for hydroxylation is 1. The molecule has 1 aromatic carbocycles. The summed E-state index contributed by atoms with van der Waals surface area (Å²) in [5.74, 6) is -0.151. The largest absolute Gasteiger partial charge is 0.486 e. The van der Waals surface area contributed by atoms with Gasteiger partial charge in [-0.1, -0.05) is 0 Å². The number of benzene rings is 1. The molecule has 0 fully saturated rings. The molecule has 0 aliphatic carbocycles. The quantitative estimate of drug-likeness (QED) is 0.788. The summed E-state index contributed by atoms with van der Waals surface area (Å²) in [5.41, 5.74) is 1.39. The zero-order valence-corrected chi connectivity index (χ0v) is 14.6. The second-order valence-corrected chi connectivity index (χ2v) is 6.29. The Morgan fingerprint density at radius 2 is 1.92 bits per heavy atom. The lowest BCUT2D eigenvalue weighted by Gasteiger charge is -2.21. The van der Waals surface area contributed by atoms with Gasteiger partial charge in [-0.15, -0.1) is 11.8 Å². The van der Waals surface area contributed by atoms with Gasteiger partial charge in [0.25, 0.3) is 5.91 Å². The van der Waals surface area contributed by atoms with Gasteiger partial charge >= 0.3 is 5.97 Å². The van der Waals surface area contributed by atoms with Gasteiger partial charge in [0.05, 0.1) is 17.5 Å². The van der Waals surface area contributed by atoms with Gasteiger partial charge in [-0.3, -0.25) is 9.59 Å². The molecule has 0 atom stereocenters. The highest BCUT2D eigenvalue weighted by molar-refractivity contribution is 7.98. The van der Waals surface area contributed by atoms with Crippen molar-refractivity contribution in [2.45, 2.75) is 18.2 Å². The fourth-order valence-corrected chi connectivity index (χ4v) is 3.15. The molecule has 0 radical (unpaired) electrons. The molecule has 2 heterocycles. The number of carboxylic acid groups (broad SMARTS) is 1. The van der Waals surface area contributed by atoms with Crippen LogP contribution in [0.2, 0.25) is 0 Å². The summed E-state index contributed by atoms with van der Waals surface area (Å²) in [4.78, 5) is 24.5. The molecule has 2 aromatic rings. The van der Waals surface area contributed by atoms with Gasteiger partial charge in [-0.2, -0.15) is 0 Å². The van der Waals surface area contributed by atoms with E-state index in [1.165, 1.54) is 18.0 Å². The van der Waals surface area contributed by atoms with Crippen LogP contribution < -0.4 is 14.8 Å². The zero-order valence-electron chi connectivity index (χ0n) is 13.8. The van der Waals surface area contributed by atoms with Crippen molar-refractivity contribution < 1.29 is 28.6 Å². The second kappa shape index (κ2) is 7.10. The van der Waals surface area contributed by atoms with Gasteiger partial charge in [0, 0.05) is 16.5 Å². The van der Waals surface area contributed by atoms with Crippen LogP contribution in [-0.4, -0.2) is 36.5 Å². The molecular formula is C17H17NO6S. The Kier molecular flexibility index (Phi) is 4.89. The predicted molar refractivity (Wildman–Crippen MR) is 92.0 cm³/mol. The van der Waals surface area contributed by atoms with Gasteiger partial charge in [0.1, 0.15) is 25.4 Å². The van der Waals surface area contributed by atoms with Crippen LogP contribution in [0, 0.1) is 6.92 Å². The molecule has 0 spiro atoms. The number of hydrogen-bond donors (Lipinski definition) is 2. The normalized spacial score (nSPS) is 12.7. The first-order valence-electron chi connectivity index (χ1n) is 7.57. The number of thioether (sulfide) groups is 1. The highest BCUT2D eigenvalue weighted by Gasteiger charge is 2.23. The minimum atomic E-state index is -1.06. The average Bonchev–Trinajstić information content (AvgIpc) is 2.93. The summed E-state index contributed by atoms with van der Waals surface area (Å²) < 4.78 is 16.3. The first-order valence-corrected chi connectivity index (χ1v) is 8.79. The van der Waals surface area contributed by atoms with Crippen molar-refractivity contribution in [1.82, 2.24) is 0 Å². The molecule has 1 aliphatic heterocycles. The fraction of sp³-hybridized carbons (Fsp3) is 0.294. The van der Waals surface area contributed by atoms with Gasteiger partial charge in [0.2, 0.25) is 0 Å². The summed E-state index contributed by atoms with van der Waals surface area (Å²) >= 11 is 1.46. The van der Waals surface area contributed by atoms with Crippen molar-refractivity contribution in [3.63, 3.8) is 0 Å². The molecule has 1 aromatic heterocycles. The maximum atomic E-state index is 12.7. The topological polar surface area (TPSA) is 98.0 Å². The Hall–Kier alpha value is -2.61. The Morgan fingerprint density at radius 3 is 2.56 bits per heavy atom. The second-order valence-electron chi connectivity index (χ2n) is 5.44. The van der Waals surface area contributed by atoms with Crippen LogP contribution in [0.5, 0.6) is 11.5 Å². The average molecular weight is 363 g/mol. The molecule has 2 N–H and O–H groups in total. The summed E-state index contributed by atoms with van der Waals surface area (Å²) in [7, 11) is 0. The molecule has 0 bridgehead atoms. The molecule has 132 valence electrons. The van der Waals surface area contributed by atoms with Crippen LogP contribution in [-0.2, 0) is 11.2 Å². The number of furan rings is 1. The van der Waals surface area contributed by atoms with Gasteiger partial charge < -0.3 is 24.3 Å². The first kappa shape index (κ1) is 17.2. The van der Waals surface area contributed by atoms with Gasteiger partial charge in [-0.05, 0) is 19.2 Å². The van der Waals surface area contributed by atoms with E-state index in [2.05, 4.69) is 5.32 Å². The van der Waals surface area contributed by atoms with E-state index in [1.54, 1.807) is 13.0 Å². The fourth-order valence-electron chi connectivity index (χ4n) is 2.59. The zero-order chi connectivity index (χ0) is 18.0. The molecule has 8 heteroatoms. The van der Waals surface area contributed by atoms with E-state index in [9.17, 15) is 9.59 Å². The Labute approximate surface area is 148 Å². The van der Waals surface area contributed by atoms with E-state index in [0.717, 1.165) is 4.90 Å². The summed E-state index contributed by atoms with van der Waals surface area (Å²) in [6, 6.07) is 3.53. The highest BCUT2D eigenvalue weighted by Crippen LogP contribution is 2.39. The monoisotopic (exact) mass is 363 g/mol. The number of carboxylic acids is 1. The first-order chi connectivity index (χ1) is 12.0. The number of hydrogen-bond acceptors (Lipinski definition) is 6. The number of fused-ring (bicyclic) bond motifs is 1. The molecule has 0 unspecified atom stereocenters. The minimum absolute atomic E-state index is 0.130. The third-order valence-corrected chi connectivity index (χ3v) is 4.48. The molecule has 7 nitrogen and oxygen atoms in total. The number of nitrogens with one attached hydrogen (secondary N) is 1. The number of carbonyl (C=O) groups is 2. The van der Waals surface area contributed by atoms with Crippen LogP contribution in [0.1, 0.15) is 21.7 Å². The van der Waals surface area contributed by atoms with Crippen LogP contribution in [0.25, 0.3) is 0 Å². The van der Waals surface area contributed by atoms with E-state index in [4.69, 9.17) is 19.0 Å². The minimum Gasteiger partial charge on any atom is -0.486 e. The molecule has 0 saturated heterocycles. The molecule has 1 aliphatic rings. The SMILES string of the molecule is CSc1cc2c(cc1NC(=O)c1c(C)coc1CC(=O)O)OCCO2. The number of ether oxygens (including phenoxy) is 2. The maximum absolute atomic E-state index is 12.7. The van der Waals surface area contributed by atoms with Crippen molar-refractivity contribution >= 4 is 29.3 Å². The predicted octanol–water partition coefficient (Wildman–Crippen LogP) is 2.96. The third-order valence-electron chi connectivity index (χ3n) is 3.70. The maximum Gasteiger partial charge on any atom is 0.311 e. The summed E-state index contributed by atoms with van der Waals surface area (Å²) in [5, 5.41) is 11.8. The van der Waals surface area contributed by atoms with Crippen LogP contribution in [0.4, 0.5) is 5.69 Å². The van der Waals surface area contributed by atoms with Gasteiger partial charge in [0.15, 0.2) is 11.5 Å². The van der Waals surface area contributed by atoms with E-state index < -0.39 is 11.9 Å². The molecule has 0 saturated carbocycles. The van der Waals surface area contributed by atoms with Crippen LogP contribution in [0.3, 0.4) is 0 Å². The number of amides is 1. The van der Waals surface area contributed by atoms with Crippen molar-refractivity contribution in [2.75, 3.05) is 24.8 Å². The Morgan fingerprint density at radius 1 is 1.24 bits per heavy atom. The lowest BCUT2D eigenvalue weighted by atomic mass is 10.1. The van der Waals surface area contributed by atoms with Crippen molar-refractivity contribution in [3.8, 4) is 11.5 Å². The molecular weight excluding hydrogens is 346 g/mol. The van der Waals surface area contributed by atoms with Crippen LogP contribution >= 0.6 is 11.8 Å². The Balaban J connectivity index is 1.91. The van der Waals surface area contributed by atoms with Crippen LogP contribution in [0.15, 0.2) is 27.7 Å². The lowest BCUT2D eigenvalue weighted by Crippen LogP contribution is -2.18. The smallest absolute Gasteiger partial charge is 0.311 e. The van der Waals surface area contributed by atoms with Crippen molar-refractivity contribution in [2.24, 2.45) is 0 Å². The van der Waals surface area contributed by atoms with E-state index in [0.29, 0.717) is 36.0 Å². The summed E-state index contributed by atoms with van der Waals surface area (Å²) in [6.07, 6.45) is 2.92. The van der Waals surface area contributed by atoms with Crippen molar-refractivity contribution in [1.29, 1.82) is 0 Å². The number of carbonyl (C=O) groups excluding carboxylic acids is 1. The van der Waals surface area contributed by atoms with Gasteiger partial charge in [-0.25, -0.2) is 0 Å². The molecule has 3 rings (SSSR count). The Bertz CT molecular complexity index is 829. The number of anilines is 1. The summed E-state index contributed by atoms with van der Waals surface area (Å²) in [6.45, 7) is 2.63. The molecule has 1 amide bonds. The number of rotatable bonds is 5. The highest BCUT2D eigenvalue weighted by atomic mass is 32.2. The molecule has 25 heavy (non-hydrogen) atoms. The van der Waals surface area contributed by atoms with Crippen molar-refractivity contribution in [3.05, 3.63) is 35.3 Å². The third kappa shape index (κ3) is 3.58.